The molecule has 0 aliphatic heterocycles. The number of aliphatic hydroxyl groups excluding tert-OH is 1. The van der Waals surface area contributed by atoms with E-state index in [1.165, 1.54) is 19.3 Å². The molecule has 94 valence electrons. The minimum atomic E-state index is 0.00963. The fourth-order valence-electron chi connectivity index (χ4n) is 1.81. The number of nitrogens with zero attached hydrogens (tertiary/aromatic N) is 3. The summed E-state index contributed by atoms with van der Waals surface area (Å²) in [7, 11) is 0. The Morgan fingerprint density at radius 2 is 2.00 bits per heavy atom. The first kappa shape index (κ1) is 12.3. The topological polar surface area (TPSA) is 49.2 Å². The summed E-state index contributed by atoms with van der Waals surface area (Å²) in [5, 5.41) is 8.97. The third kappa shape index (κ3) is 3.40. The molecule has 0 saturated heterocycles. The number of hydrogen-bond acceptors (Lipinski definition) is 4. The van der Waals surface area contributed by atoms with Crippen molar-refractivity contribution in [3.63, 3.8) is 0 Å². The van der Waals surface area contributed by atoms with Crippen molar-refractivity contribution in [2.24, 2.45) is 5.92 Å². The van der Waals surface area contributed by atoms with Crippen LogP contribution in [-0.2, 0) is 6.61 Å². The lowest BCUT2D eigenvalue weighted by atomic mass is 10.1. The molecule has 2 rings (SSSR count). The van der Waals surface area contributed by atoms with Crippen LogP contribution in [0.1, 0.15) is 38.7 Å². The van der Waals surface area contributed by atoms with Gasteiger partial charge in [-0.25, -0.2) is 9.97 Å². The van der Waals surface area contributed by atoms with Crippen LogP contribution in [0.15, 0.2) is 12.4 Å². The van der Waals surface area contributed by atoms with E-state index in [9.17, 15) is 0 Å². The highest BCUT2D eigenvalue weighted by molar-refractivity contribution is 5.33. The molecule has 0 radical (unpaired) electrons. The Labute approximate surface area is 103 Å². The molecular formula is C13H21N3O. The maximum absolute atomic E-state index is 8.97. The molecule has 1 aromatic heterocycles. The van der Waals surface area contributed by atoms with Crippen LogP contribution in [0, 0.1) is 5.92 Å². The van der Waals surface area contributed by atoms with Crippen LogP contribution in [0.4, 0.5) is 5.95 Å². The van der Waals surface area contributed by atoms with Crippen LogP contribution in [0.2, 0.25) is 0 Å². The normalized spacial score (nSPS) is 15.3. The number of aromatic nitrogens is 2. The molecule has 4 heteroatoms. The summed E-state index contributed by atoms with van der Waals surface area (Å²) in [5.74, 6) is 1.51. The first-order valence-corrected chi connectivity index (χ1v) is 6.39. The van der Waals surface area contributed by atoms with E-state index in [4.69, 9.17) is 5.11 Å². The van der Waals surface area contributed by atoms with Crippen LogP contribution in [0.3, 0.4) is 0 Å². The largest absolute Gasteiger partial charge is 0.392 e. The van der Waals surface area contributed by atoms with Crippen molar-refractivity contribution in [1.29, 1.82) is 0 Å². The number of rotatable bonds is 6. The van der Waals surface area contributed by atoms with Gasteiger partial charge in [0.2, 0.25) is 5.95 Å². The highest BCUT2D eigenvalue weighted by Gasteiger charge is 2.30. The molecule has 0 spiro atoms. The fourth-order valence-corrected chi connectivity index (χ4v) is 1.81. The molecule has 1 aliphatic carbocycles. The van der Waals surface area contributed by atoms with Crippen LogP contribution in [0.5, 0.6) is 0 Å². The SMILES string of the molecule is CC(C)CCN(c1ncc(CO)cn1)C1CC1. The second-order valence-corrected chi connectivity index (χ2v) is 5.16. The fraction of sp³-hybridized carbons (Fsp3) is 0.692. The van der Waals surface area contributed by atoms with E-state index in [0.29, 0.717) is 12.0 Å². The smallest absolute Gasteiger partial charge is 0.225 e. The molecule has 0 atom stereocenters. The van der Waals surface area contributed by atoms with Crippen molar-refractivity contribution in [3.8, 4) is 0 Å². The van der Waals surface area contributed by atoms with Gasteiger partial charge in [-0.15, -0.1) is 0 Å². The summed E-state index contributed by atoms with van der Waals surface area (Å²) < 4.78 is 0. The molecule has 1 aliphatic rings. The van der Waals surface area contributed by atoms with Crippen LogP contribution in [-0.4, -0.2) is 27.7 Å². The maximum Gasteiger partial charge on any atom is 0.225 e. The standard InChI is InChI=1S/C13H21N3O/c1-10(2)5-6-16(12-3-4-12)13-14-7-11(9-17)8-15-13/h7-8,10,12,17H,3-6,9H2,1-2H3. The lowest BCUT2D eigenvalue weighted by Crippen LogP contribution is -2.29. The van der Waals surface area contributed by atoms with E-state index >= 15 is 0 Å². The van der Waals surface area contributed by atoms with E-state index in [1.54, 1.807) is 12.4 Å². The summed E-state index contributed by atoms with van der Waals surface area (Å²) >= 11 is 0. The molecular weight excluding hydrogens is 214 g/mol. The molecule has 0 bridgehead atoms. The summed E-state index contributed by atoms with van der Waals surface area (Å²) in [5.41, 5.74) is 0.772. The van der Waals surface area contributed by atoms with Crippen molar-refractivity contribution in [2.75, 3.05) is 11.4 Å². The highest BCUT2D eigenvalue weighted by Crippen LogP contribution is 2.30. The Hall–Kier alpha value is -1.16. The zero-order chi connectivity index (χ0) is 12.3. The quantitative estimate of drug-likeness (QED) is 0.819. The third-order valence-electron chi connectivity index (χ3n) is 3.07. The van der Waals surface area contributed by atoms with Gasteiger partial charge in [0.1, 0.15) is 0 Å². The van der Waals surface area contributed by atoms with Gasteiger partial charge in [0.05, 0.1) is 6.61 Å². The molecule has 1 fully saturated rings. The van der Waals surface area contributed by atoms with Gasteiger partial charge in [-0.05, 0) is 25.2 Å². The lowest BCUT2D eigenvalue weighted by Gasteiger charge is -2.23. The predicted molar refractivity (Wildman–Crippen MR) is 67.8 cm³/mol. The Morgan fingerprint density at radius 3 is 2.47 bits per heavy atom. The van der Waals surface area contributed by atoms with Crippen molar-refractivity contribution in [3.05, 3.63) is 18.0 Å². The monoisotopic (exact) mass is 235 g/mol. The number of hydrogen-bond donors (Lipinski definition) is 1. The Kier molecular flexibility index (Phi) is 3.94. The first-order valence-electron chi connectivity index (χ1n) is 6.39. The summed E-state index contributed by atoms with van der Waals surface area (Å²) in [4.78, 5) is 11.0. The number of anilines is 1. The van der Waals surface area contributed by atoms with E-state index in [2.05, 4.69) is 28.7 Å². The van der Waals surface area contributed by atoms with Gasteiger partial charge in [-0.1, -0.05) is 13.8 Å². The molecule has 0 amide bonds. The Balaban J connectivity index is 2.03. The third-order valence-corrected chi connectivity index (χ3v) is 3.07. The van der Waals surface area contributed by atoms with Gasteiger partial charge >= 0.3 is 0 Å². The molecule has 1 heterocycles. The van der Waals surface area contributed by atoms with E-state index in [-0.39, 0.29) is 6.61 Å². The molecule has 1 aromatic rings. The zero-order valence-electron chi connectivity index (χ0n) is 10.6. The maximum atomic E-state index is 8.97. The van der Waals surface area contributed by atoms with Crippen LogP contribution < -0.4 is 4.90 Å². The minimum Gasteiger partial charge on any atom is -0.392 e. The second-order valence-electron chi connectivity index (χ2n) is 5.16. The van der Waals surface area contributed by atoms with Gasteiger partial charge < -0.3 is 10.0 Å². The van der Waals surface area contributed by atoms with Crippen molar-refractivity contribution < 1.29 is 5.11 Å². The summed E-state index contributed by atoms with van der Waals surface area (Å²) in [6, 6.07) is 0.633. The molecule has 4 nitrogen and oxygen atoms in total. The average molecular weight is 235 g/mol. The minimum absolute atomic E-state index is 0.00963. The molecule has 1 N–H and O–H groups in total. The predicted octanol–water partition coefficient (Wildman–Crippen LogP) is 1.98. The van der Waals surface area contributed by atoms with E-state index in [1.807, 2.05) is 0 Å². The highest BCUT2D eigenvalue weighted by atomic mass is 16.3. The summed E-state index contributed by atoms with van der Waals surface area (Å²) in [6.45, 7) is 5.51. The van der Waals surface area contributed by atoms with Crippen molar-refractivity contribution >= 4 is 5.95 Å². The van der Waals surface area contributed by atoms with Gasteiger partial charge in [-0.3, -0.25) is 0 Å². The lowest BCUT2D eigenvalue weighted by molar-refractivity contribution is 0.281. The van der Waals surface area contributed by atoms with Gasteiger partial charge in [-0.2, -0.15) is 0 Å². The van der Waals surface area contributed by atoms with Crippen LogP contribution >= 0.6 is 0 Å². The molecule has 1 saturated carbocycles. The van der Waals surface area contributed by atoms with E-state index in [0.717, 1.165) is 18.1 Å². The molecule has 17 heavy (non-hydrogen) atoms. The second kappa shape index (κ2) is 5.45. The first-order chi connectivity index (χ1) is 8.20. The van der Waals surface area contributed by atoms with Crippen LogP contribution in [0.25, 0.3) is 0 Å². The molecule has 0 aromatic carbocycles. The van der Waals surface area contributed by atoms with Gasteiger partial charge in [0.15, 0.2) is 0 Å². The summed E-state index contributed by atoms with van der Waals surface area (Å²) in [6.07, 6.45) is 7.11. The average Bonchev–Trinajstić information content (AvgIpc) is 3.14. The Morgan fingerprint density at radius 1 is 1.35 bits per heavy atom. The van der Waals surface area contributed by atoms with Crippen molar-refractivity contribution in [2.45, 2.75) is 45.8 Å². The van der Waals surface area contributed by atoms with E-state index < -0.39 is 0 Å². The number of aliphatic hydroxyl groups is 1. The van der Waals surface area contributed by atoms with Crippen molar-refractivity contribution in [1.82, 2.24) is 9.97 Å². The van der Waals surface area contributed by atoms with Gasteiger partial charge in [0, 0.05) is 30.5 Å². The van der Waals surface area contributed by atoms with Gasteiger partial charge in [0.25, 0.3) is 0 Å². The Bertz CT molecular complexity index is 346. The molecule has 0 unspecified atom stereocenters. The zero-order valence-corrected chi connectivity index (χ0v) is 10.6.